The number of nitrogens with one attached hydrogen (secondary N) is 2. The number of sulfonamides is 1. The molecule has 11 heteroatoms. The highest BCUT2D eigenvalue weighted by molar-refractivity contribution is 7.92. The maximum absolute atomic E-state index is 14.1. The molecule has 2 aliphatic rings. The molecule has 5 rings (SSSR count). The minimum absolute atomic E-state index is 0.0576. The Morgan fingerprint density at radius 1 is 1.03 bits per heavy atom. The average Bonchev–Trinajstić information content (AvgIpc) is 2.93. The zero-order chi connectivity index (χ0) is 27.7. The Bertz CT molecular complexity index is 1540. The molecule has 0 unspecified atom stereocenters. The van der Waals surface area contributed by atoms with E-state index in [-0.39, 0.29) is 29.0 Å². The van der Waals surface area contributed by atoms with Gasteiger partial charge in [-0.15, -0.1) is 0 Å². The minimum Gasteiger partial charge on any atom is -0.380 e. The van der Waals surface area contributed by atoms with Crippen LogP contribution in [0.3, 0.4) is 0 Å². The molecule has 0 bridgehead atoms. The number of rotatable bonds is 6. The predicted octanol–water partition coefficient (Wildman–Crippen LogP) is 4.69. The number of piperazine rings is 1. The number of hydrogen-bond donors (Lipinski definition) is 2. The van der Waals surface area contributed by atoms with E-state index in [4.69, 9.17) is 0 Å². The van der Waals surface area contributed by atoms with Crippen molar-refractivity contribution in [1.82, 2.24) is 9.80 Å². The van der Waals surface area contributed by atoms with E-state index in [1.54, 1.807) is 35.2 Å². The lowest BCUT2D eigenvalue weighted by Gasteiger charge is -2.40. The lowest BCUT2D eigenvalue weighted by Crippen LogP contribution is -2.53. The quantitative estimate of drug-likeness (QED) is 0.431. The number of carbonyl (C=O) groups excluding carboxylic acids is 1. The molecule has 0 saturated carbocycles. The molecule has 0 aliphatic carbocycles. The first-order chi connectivity index (χ1) is 18.6. The van der Waals surface area contributed by atoms with Gasteiger partial charge in [0, 0.05) is 55.6 Å². The molecule has 3 aromatic carbocycles. The molecule has 0 aromatic heterocycles. The fraction of sp³-hybridized carbons (Fsp3) is 0.250. The van der Waals surface area contributed by atoms with Crippen LogP contribution in [0.1, 0.15) is 28.4 Å². The van der Waals surface area contributed by atoms with Crippen LogP contribution in [0.2, 0.25) is 0 Å². The number of para-hydroxylation sites is 1. The molecule has 3 aromatic rings. The smallest absolute Gasteiger partial charge is 0.263 e. The number of halogens is 3. The molecule has 39 heavy (non-hydrogen) atoms. The molecule has 1 saturated heterocycles. The summed E-state index contributed by atoms with van der Waals surface area (Å²) in [4.78, 5) is 16.9. The summed E-state index contributed by atoms with van der Waals surface area (Å²) < 4.78 is 69.7. The first kappa shape index (κ1) is 26.8. The third-order valence-electron chi connectivity index (χ3n) is 6.91. The number of nitrogens with zero attached hydrogens (tertiary/aromatic N) is 2. The van der Waals surface area contributed by atoms with Crippen LogP contribution in [0, 0.1) is 17.5 Å². The van der Waals surface area contributed by atoms with Crippen molar-refractivity contribution in [3.05, 3.63) is 94.8 Å². The lowest BCUT2D eigenvalue weighted by molar-refractivity contribution is 0.0473. The van der Waals surface area contributed by atoms with Crippen molar-refractivity contribution in [2.45, 2.75) is 24.4 Å². The fourth-order valence-corrected chi connectivity index (χ4v) is 6.18. The standard InChI is InChI=1S/C28H27F3N4O3S/c1-18-16-34(17-21-9-12-23(29)26(31)25(21)30)14-15-35(18)28(36)20-7-10-22(11-8-20)33-39(37,38)24-6-2-4-19-5-3-13-32-27(19)24/h2-12,18,32-33H,13-17H2,1H3/t18-/m0/s1. The Hall–Kier alpha value is -3.83. The zero-order valence-electron chi connectivity index (χ0n) is 21.1. The molecule has 7 nitrogen and oxygen atoms in total. The van der Waals surface area contributed by atoms with E-state index in [1.165, 1.54) is 12.1 Å². The average molecular weight is 557 g/mol. The lowest BCUT2D eigenvalue weighted by atomic mass is 10.1. The minimum atomic E-state index is -3.88. The van der Waals surface area contributed by atoms with Gasteiger partial charge >= 0.3 is 0 Å². The van der Waals surface area contributed by atoms with Gasteiger partial charge in [0.15, 0.2) is 17.5 Å². The third kappa shape index (κ3) is 5.50. The maximum Gasteiger partial charge on any atom is 0.263 e. The molecule has 2 heterocycles. The highest BCUT2D eigenvalue weighted by Gasteiger charge is 2.29. The van der Waals surface area contributed by atoms with Crippen molar-refractivity contribution in [3.8, 4) is 0 Å². The topological polar surface area (TPSA) is 81.8 Å². The summed E-state index contributed by atoms with van der Waals surface area (Å²) in [5.74, 6) is -4.13. The SMILES string of the molecule is C[C@H]1CN(Cc2ccc(F)c(F)c2F)CCN1C(=O)c1ccc(NS(=O)(=O)c2cccc3c2NCC=C3)cc1. The van der Waals surface area contributed by atoms with Gasteiger partial charge in [-0.2, -0.15) is 0 Å². The third-order valence-corrected chi connectivity index (χ3v) is 8.33. The molecule has 1 atom stereocenters. The molecule has 1 fully saturated rings. The van der Waals surface area contributed by atoms with Crippen LogP contribution in [0.15, 0.2) is 65.6 Å². The van der Waals surface area contributed by atoms with Gasteiger partial charge in [-0.1, -0.05) is 30.4 Å². The first-order valence-corrected chi connectivity index (χ1v) is 13.9. The number of amides is 1. The van der Waals surface area contributed by atoms with Gasteiger partial charge in [-0.05, 0) is 48.9 Å². The number of anilines is 2. The maximum atomic E-state index is 14.1. The summed E-state index contributed by atoms with van der Waals surface area (Å²) in [5, 5.41) is 3.10. The Morgan fingerprint density at radius 3 is 2.54 bits per heavy atom. The zero-order valence-corrected chi connectivity index (χ0v) is 21.9. The summed E-state index contributed by atoms with van der Waals surface area (Å²) in [6.45, 7) is 3.70. The second-order valence-electron chi connectivity index (χ2n) is 9.60. The molecule has 1 amide bonds. The van der Waals surface area contributed by atoms with Gasteiger partial charge < -0.3 is 10.2 Å². The number of fused-ring (bicyclic) bond motifs is 1. The second-order valence-corrected chi connectivity index (χ2v) is 11.3. The van der Waals surface area contributed by atoms with E-state index in [2.05, 4.69) is 10.0 Å². The molecule has 204 valence electrons. The summed E-state index contributed by atoms with van der Waals surface area (Å²) in [6.07, 6.45) is 3.78. The van der Waals surface area contributed by atoms with Crippen molar-refractivity contribution in [2.24, 2.45) is 0 Å². The van der Waals surface area contributed by atoms with Crippen molar-refractivity contribution in [2.75, 3.05) is 36.2 Å². The Kier molecular flexibility index (Phi) is 7.37. The van der Waals surface area contributed by atoms with Crippen molar-refractivity contribution in [3.63, 3.8) is 0 Å². The summed E-state index contributed by atoms with van der Waals surface area (Å²) in [6, 6.07) is 13.2. The van der Waals surface area contributed by atoms with Crippen molar-refractivity contribution >= 4 is 33.4 Å². The van der Waals surface area contributed by atoms with E-state index in [1.807, 2.05) is 30.0 Å². The van der Waals surface area contributed by atoms with Crippen molar-refractivity contribution in [1.29, 1.82) is 0 Å². The van der Waals surface area contributed by atoms with E-state index >= 15 is 0 Å². The van der Waals surface area contributed by atoms with Crippen LogP contribution in [0.5, 0.6) is 0 Å². The van der Waals surface area contributed by atoms with Gasteiger partial charge in [0.1, 0.15) is 4.90 Å². The monoisotopic (exact) mass is 556 g/mol. The number of benzene rings is 3. The molecular formula is C28H27F3N4O3S. The number of hydrogen-bond acceptors (Lipinski definition) is 5. The van der Waals surface area contributed by atoms with Crippen LogP contribution in [-0.4, -0.2) is 56.3 Å². The summed E-state index contributed by atoms with van der Waals surface area (Å²) in [7, 11) is -3.88. The molecule has 0 radical (unpaired) electrons. The second kappa shape index (κ2) is 10.7. The summed E-state index contributed by atoms with van der Waals surface area (Å²) in [5.41, 5.74) is 2.10. The normalized spacial score (nSPS) is 17.4. The fourth-order valence-electron chi connectivity index (χ4n) is 4.91. The molecule has 2 aliphatic heterocycles. The van der Waals surface area contributed by atoms with Gasteiger partial charge in [0.25, 0.3) is 15.9 Å². The van der Waals surface area contributed by atoms with E-state index < -0.39 is 27.5 Å². The molecular weight excluding hydrogens is 529 g/mol. The van der Waals surface area contributed by atoms with E-state index in [9.17, 15) is 26.4 Å². The van der Waals surface area contributed by atoms with Gasteiger partial charge in [0.05, 0.1) is 5.69 Å². The van der Waals surface area contributed by atoms with E-state index in [0.29, 0.717) is 43.1 Å². The Balaban J connectivity index is 1.23. The highest BCUT2D eigenvalue weighted by atomic mass is 32.2. The van der Waals surface area contributed by atoms with Crippen LogP contribution in [0.25, 0.3) is 6.08 Å². The van der Waals surface area contributed by atoms with Gasteiger partial charge in [-0.25, -0.2) is 21.6 Å². The highest BCUT2D eigenvalue weighted by Crippen LogP contribution is 2.30. The van der Waals surface area contributed by atoms with Gasteiger partial charge in [-0.3, -0.25) is 14.4 Å². The predicted molar refractivity (Wildman–Crippen MR) is 143 cm³/mol. The largest absolute Gasteiger partial charge is 0.380 e. The van der Waals surface area contributed by atoms with Crippen LogP contribution in [0.4, 0.5) is 24.5 Å². The van der Waals surface area contributed by atoms with Crippen LogP contribution < -0.4 is 10.0 Å². The van der Waals surface area contributed by atoms with Gasteiger partial charge in [0.2, 0.25) is 0 Å². The van der Waals surface area contributed by atoms with Crippen molar-refractivity contribution < 1.29 is 26.4 Å². The molecule has 0 spiro atoms. The van der Waals surface area contributed by atoms with Crippen LogP contribution in [-0.2, 0) is 16.6 Å². The van der Waals surface area contributed by atoms with E-state index in [0.717, 1.165) is 11.6 Å². The Morgan fingerprint density at radius 2 is 1.79 bits per heavy atom. The summed E-state index contributed by atoms with van der Waals surface area (Å²) >= 11 is 0. The molecule has 2 N–H and O–H groups in total. The number of carbonyl (C=O) groups is 1. The van der Waals surface area contributed by atoms with Crippen LogP contribution >= 0.6 is 0 Å². The Labute approximate surface area is 225 Å². The first-order valence-electron chi connectivity index (χ1n) is 12.5.